The highest BCUT2D eigenvalue weighted by atomic mass is 35.5. The highest BCUT2D eigenvalue weighted by Crippen LogP contribution is 2.34. The van der Waals surface area contributed by atoms with Crippen molar-refractivity contribution in [2.45, 2.75) is 5.16 Å². The van der Waals surface area contributed by atoms with Crippen LogP contribution in [0.5, 0.6) is 0 Å². The first-order valence-corrected chi connectivity index (χ1v) is 10.9. The van der Waals surface area contributed by atoms with Crippen LogP contribution in [0.25, 0.3) is 21.5 Å². The topological polar surface area (TPSA) is 59.8 Å². The Morgan fingerprint density at radius 3 is 2.68 bits per heavy atom. The predicted molar refractivity (Wildman–Crippen MR) is 118 cm³/mol. The molecule has 9 heteroatoms. The van der Waals surface area contributed by atoms with E-state index < -0.39 is 0 Å². The van der Waals surface area contributed by atoms with Gasteiger partial charge in [-0.05, 0) is 18.2 Å². The maximum atomic E-state index is 12.3. The zero-order chi connectivity index (χ0) is 19.7. The highest BCUT2D eigenvalue weighted by molar-refractivity contribution is 7.99. The summed E-state index contributed by atoms with van der Waals surface area (Å²) in [5, 5.41) is 16.0. The van der Waals surface area contributed by atoms with Crippen LogP contribution in [0.15, 0.2) is 53.0 Å². The van der Waals surface area contributed by atoms with Gasteiger partial charge in [-0.25, -0.2) is 0 Å². The Morgan fingerprint density at radius 1 is 1.14 bits per heavy atom. The molecule has 4 rings (SSSR count). The van der Waals surface area contributed by atoms with Crippen LogP contribution >= 0.6 is 46.3 Å². The second-order valence-electron chi connectivity index (χ2n) is 5.94. The Morgan fingerprint density at radius 2 is 1.89 bits per heavy atom. The van der Waals surface area contributed by atoms with Crippen molar-refractivity contribution in [2.75, 3.05) is 11.1 Å². The molecule has 0 bridgehead atoms. The van der Waals surface area contributed by atoms with Crippen LogP contribution in [-0.2, 0) is 11.8 Å². The first-order valence-electron chi connectivity index (χ1n) is 8.27. The maximum Gasteiger partial charge on any atom is 0.234 e. The number of para-hydroxylation sites is 1. The highest BCUT2D eigenvalue weighted by Gasteiger charge is 2.16. The van der Waals surface area contributed by atoms with Crippen molar-refractivity contribution in [3.63, 3.8) is 0 Å². The predicted octanol–water partition coefficient (Wildman–Crippen LogP) is 5.73. The summed E-state index contributed by atoms with van der Waals surface area (Å²) in [5.41, 5.74) is 1.45. The van der Waals surface area contributed by atoms with Gasteiger partial charge in [-0.2, -0.15) is 0 Å². The second-order valence-corrected chi connectivity index (χ2v) is 8.61. The number of rotatable bonds is 5. The summed E-state index contributed by atoms with van der Waals surface area (Å²) in [7, 11) is 1.90. The zero-order valence-electron chi connectivity index (χ0n) is 14.6. The van der Waals surface area contributed by atoms with E-state index in [2.05, 4.69) is 33.0 Å². The number of anilines is 1. The lowest BCUT2D eigenvalue weighted by Gasteiger charge is -2.08. The standard InChI is InChI=1S/C19H14Cl2N4OS2/c1-25-18(12-9-27-15-8-3-2-5-11(12)15)23-24-19(25)28-10-16(26)22-17-13(20)6-4-7-14(17)21/h2-9H,10H2,1H3,(H,22,26). The lowest BCUT2D eigenvalue weighted by Crippen LogP contribution is -2.15. The third-order valence-electron chi connectivity index (χ3n) is 4.12. The van der Waals surface area contributed by atoms with Gasteiger partial charge in [-0.3, -0.25) is 4.79 Å². The summed E-state index contributed by atoms with van der Waals surface area (Å²) >= 11 is 15.2. The van der Waals surface area contributed by atoms with Crippen molar-refractivity contribution < 1.29 is 4.79 Å². The van der Waals surface area contributed by atoms with Crippen LogP contribution < -0.4 is 5.32 Å². The summed E-state index contributed by atoms with van der Waals surface area (Å²) in [6.45, 7) is 0. The first kappa shape index (κ1) is 19.3. The van der Waals surface area contributed by atoms with Gasteiger partial charge in [0.25, 0.3) is 0 Å². The number of amides is 1. The van der Waals surface area contributed by atoms with Crippen LogP contribution in [0.1, 0.15) is 0 Å². The number of nitrogens with zero attached hydrogens (tertiary/aromatic N) is 3. The van der Waals surface area contributed by atoms with Crippen LogP contribution in [-0.4, -0.2) is 26.4 Å². The monoisotopic (exact) mass is 448 g/mol. The normalized spacial score (nSPS) is 11.1. The van der Waals surface area contributed by atoms with Crippen molar-refractivity contribution >= 4 is 68.0 Å². The number of benzene rings is 2. The molecule has 0 saturated heterocycles. The largest absolute Gasteiger partial charge is 0.323 e. The van der Waals surface area contributed by atoms with Crippen molar-refractivity contribution in [1.29, 1.82) is 0 Å². The van der Waals surface area contributed by atoms with Crippen LogP contribution in [0.3, 0.4) is 0 Å². The fraction of sp³-hybridized carbons (Fsp3) is 0.105. The molecular formula is C19H14Cl2N4OS2. The van der Waals surface area contributed by atoms with E-state index in [1.54, 1.807) is 29.5 Å². The van der Waals surface area contributed by atoms with Crippen molar-refractivity contribution in [3.8, 4) is 11.4 Å². The summed E-state index contributed by atoms with van der Waals surface area (Å²) in [4.78, 5) is 12.3. The third kappa shape index (κ3) is 3.75. The van der Waals surface area contributed by atoms with Crippen LogP contribution in [0, 0.1) is 0 Å². The average molecular weight is 449 g/mol. The molecule has 5 nitrogen and oxygen atoms in total. The maximum absolute atomic E-state index is 12.3. The Kier molecular flexibility index (Phi) is 5.59. The molecule has 0 spiro atoms. The lowest BCUT2D eigenvalue weighted by molar-refractivity contribution is -0.113. The number of carbonyl (C=O) groups is 1. The quantitative estimate of drug-likeness (QED) is 0.395. The number of thiophene rings is 1. The van der Waals surface area contributed by atoms with Gasteiger partial charge >= 0.3 is 0 Å². The number of halogens is 2. The van der Waals surface area contributed by atoms with E-state index in [1.165, 1.54) is 16.5 Å². The fourth-order valence-electron chi connectivity index (χ4n) is 2.75. The Hall–Kier alpha value is -2.06. The molecule has 0 atom stereocenters. The summed E-state index contributed by atoms with van der Waals surface area (Å²) in [5.74, 6) is 0.720. The molecule has 4 aromatic rings. The van der Waals surface area contributed by atoms with Gasteiger partial charge in [0.1, 0.15) is 0 Å². The first-order chi connectivity index (χ1) is 13.5. The van der Waals surface area contributed by atoms with Crippen molar-refractivity contribution in [1.82, 2.24) is 14.8 Å². The number of hydrogen-bond acceptors (Lipinski definition) is 5. The molecule has 0 fully saturated rings. The summed E-state index contributed by atoms with van der Waals surface area (Å²) in [6.07, 6.45) is 0. The van der Waals surface area contributed by atoms with Gasteiger partial charge in [0.15, 0.2) is 11.0 Å². The third-order valence-corrected chi connectivity index (χ3v) is 6.73. The molecule has 2 aromatic carbocycles. The molecule has 0 aliphatic carbocycles. The van der Waals surface area contributed by atoms with Crippen molar-refractivity contribution in [2.24, 2.45) is 7.05 Å². The van der Waals surface area contributed by atoms with E-state index in [4.69, 9.17) is 23.2 Å². The number of thioether (sulfide) groups is 1. The van der Waals surface area contributed by atoms with E-state index in [0.29, 0.717) is 20.9 Å². The molecule has 142 valence electrons. The average Bonchev–Trinajstić information content (AvgIpc) is 3.26. The fourth-order valence-corrected chi connectivity index (χ4v) is 4.89. The number of hydrogen-bond donors (Lipinski definition) is 1. The number of carbonyl (C=O) groups excluding carboxylic acids is 1. The van der Waals surface area contributed by atoms with Crippen LogP contribution in [0.4, 0.5) is 5.69 Å². The minimum Gasteiger partial charge on any atom is -0.323 e. The molecule has 1 amide bonds. The Balaban J connectivity index is 1.49. The van der Waals surface area contributed by atoms with E-state index >= 15 is 0 Å². The van der Waals surface area contributed by atoms with E-state index in [9.17, 15) is 4.79 Å². The number of fused-ring (bicyclic) bond motifs is 1. The van der Waals surface area contributed by atoms with Gasteiger partial charge in [0.2, 0.25) is 5.91 Å². The molecular weight excluding hydrogens is 435 g/mol. The smallest absolute Gasteiger partial charge is 0.234 e. The molecule has 0 saturated carbocycles. The van der Waals surface area contributed by atoms with E-state index in [-0.39, 0.29) is 11.7 Å². The van der Waals surface area contributed by atoms with Gasteiger partial charge in [-0.15, -0.1) is 21.5 Å². The molecule has 0 aliphatic heterocycles. The minimum atomic E-state index is -0.217. The molecule has 0 aliphatic rings. The summed E-state index contributed by atoms with van der Waals surface area (Å²) < 4.78 is 3.10. The van der Waals surface area contributed by atoms with Gasteiger partial charge in [0.05, 0.1) is 21.5 Å². The van der Waals surface area contributed by atoms with Crippen molar-refractivity contribution in [3.05, 3.63) is 57.9 Å². The molecule has 1 N–H and O–H groups in total. The molecule has 2 heterocycles. The number of aromatic nitrogens is 3. The lowest BCUT2D eigenvalue weighted by atomic mass is 10.2. The van der Waals surface area contributed by atoms with Gasteiger partial charge in [0, 0.05) is 28.1 Å². The van der Waals surface area contributed by atoms with Crippen LogP contribution in [0.2, 0.25) is 10.0 Å². The minimum absolute atomic E-state index is 0.165. The molecule has 28 heavy (non-hydrogen) atoms. The molecule has 0 radical (unpaired) electrons. The van der Waals surface area contributed by atoms with Gasteiger partial charge in [-0.1, -0.05) is 59.2 Å². The SMILES string of the molecule is Cn1c(SCC(=O)Nc2c(Cl)cccc2Cl)nnc1-c1csc2ccccc12. The Bertz CT molecular complexity index is 1150. The van der Waals surface area contributed by atoms with E-state index in [1.807, 2.05) is 23.7 Å². The Labute approximate surface area is 179 Å². The van der Waals surface area contributed by atoms with Gasteiger partial charge < -0.3 is 9.88 Å². The molecule has 2 aromatic heterocycles. The zero-order valence-corrected chi connectivity index (χ0v) is 17.8. The molecule has 0 unspecified atom stereocenters. The second kappa shape index (κ2) is 8.13. The number of nitrogens with one attached hydrogen (secondary N) is 1. The van der Waals surface area contributed by atoms with E-state index in [0.717, 1.165) is 16.8 Å². The summed E-state index contributed by atoms with van der Waals surface area (Å²) in [6, 6.07) is 13.3.